The van der Waals surface area contributed by atoms with E-state index < -0.39 is 36.6 Å². The van der Waals surface area contributed by atoms with Crippen molar-refractivity contribution in [2.45, 2.75) is 57.8 Å². The van der Waals surface area contributed by atoms with Gasteiger partial charge in [0.15, 0.2) is 0 Å². The Bertz CT molecular complexity index is 1350. The van der Waals surface area contributed by atoms with Gasteiger partial charge in [0.2, 0.25) is 0 Å². The third kappa shape index (κ3) is 7.41. The summed E-state index contributed by atoms with van der Waals surface area (Å²) in [6.45, 7) is 2.99. The molecule has 41 heavy (non-hydrogen) atoms. The first-order valence-electron chi connectivity index (χ1n) is 13.1. The van der Waals surface area contributed by atoms with Gasteiger partial charge in [0, 0.05) is 24.2 Å². The first-order chi connectivity index (χ1) is 19.3. The van der Waals surface area contributed by atoms with Gasteiger partial charge < -0.3 is 14.5 Å². The lowest BCUT2D eigenvalue weighted by molar-refractivity contribution is -0.164. The van der Waals surface area contributed by atoms with Crippen LogP contribution >= 0.6 is 11.3 Å². The van der Waals surface area contributed by atoms with Crippen LogP contribution in [0.3, 0.4) is 0 Å². The molecule has 0 saturated carbocycles. The fraction of sp³-hybridized carbons (Fsp3) is 0.414. The highest BCUT2D eigenvalue weighted by Gasteiger charge is 2.45. The van der Waals surface area contributed by atoms with Gasteiger partial charge in [-0.2, -0.15) is 24.5 Å². The second-order valence-electron chi connectivity index (χ2n) is 10.0. The van der Waals surface area contributed by atoms with Crippen molar-refractivity contribution in [2.75, 3.05) is 19.7 Å². The quantitative estimate of drug-likeness (QED) is 0.218. The summed E-state index contributed by atoms with van der Waals surface area (Å²) in [5.41, 5.74) is 1.47. The van der Waals surface area contributed by atoms with E-state index in [9.17, 15) is 26.7 Å². The van der Waals surface area contributed by atoms with Crippen LogP contribution in [0.1, 0.15) is 38.4 Å². The summed E-state index contributed by atoms with van der Waals surface area (Å²) < 4.78 is 73.9. The number of fused-ring (bicyclic) bond motifs is 1. The van der Waals surface area contributed by atoms with Crippen molar-refractivity contribution in [1.82, 2.24) is 14.8 Å². The van der Waals surface area contributed by atoms with Crippen molar-refractivity contribution < 1.29 is 31.5 Å². The van der Waals surface area contributed by atoms with Crippen LogP contribution in [0.5, 0.6) is 5.75 Å². The largest absolute Gasteiger partial charge is 0.492 e. The van der Waals surface area contributed by atoms with Crippen LogP contribution in [-0.4, -0.2) is 63.9 Å². The number of rotatable bonds is 11. The van der Waals surface area contributed by atoms with E-state index in [1.54, 1.807) is 17.5 Å². The number of nitrogens with zero attached hydrogens (tertiary/aromatic N) is 4. The lowest BCUT2D eigenvalue weighted by Gasteiger charge is -2.39. The summed E-state index contributed by atoms with van der Waals surface area (Å²) in [5, 5.41) is 3.98. The van der Waals surface area contributed by atoms with E-state index in [-0.39, 0.29) is 16.9 Å². The molecule has 1 amide bonds. The fourth-order valence-corrected chi connectivity index (χ4v) is 5.51. The van der Waals surface area contributed by atoms with E-state index in [1.807, 2.05) is 42.8 Å². The number of alkyl halides is 5. The highest BCUT2D eigenvalue weighted by atomic mass is 32.1. The second kappa shape index (κ2) is 12.1. The molecule has 0 N–H and O–H groups in total. The van der Waals surface area contributed by atoms with E-state index in [0.717, 1.165) is 17.3 Å². The molecule has 0 aromatic carbocycles. The smallest absolute Gasteiger partial charge is 0.406 e. The maximum Gasteiger partial charge on any atom is 0.406 e. The molecule has 2 aromatic rings. The summed E-state index contributed by atoms with van der Waals surface area (Å²) in [5.74, 6) is -3.43. The number of ether oxygens (including phenoxy) is 1. The number of amides is 1. The number of amidine groups is 1. The molecular weight excluding hydrogens is 563 g/mol. The number of halogens is 5. The summed E-state index contributed by atoms with van der Waals surface area (Å²) in [6, 6.07) is 5.65. The number of allylic oxidation sites excluding steroid dienone is 1. The second-order valence-corrected chi connectivity index (χ2v) is 10.8. The van der Waals surface area contributed by atoms with Crippen molar-refractivity contribution >= 4 is 23.1 Å². The third-order valence-electron chi connectivity index (χ3n) is 6.81. The summed E-state index contributed by atoms with van der Waals surface area (Å²) in [6.07, 6.45) is 1.85. The number of aliphatic imine (C=N–C) groups is 1. The number of aromatic nitrogens is 1. The number of carbonyl (C=O) groups is 1. The Hall–Kier alpha value is -3.54. The lowest BCUT2D eigenvalue weighted by Crippen LogP contribution is -2.48. The molecule has 220 valence electrons. The molecule has 4 rings (SSSR count). The minimum absolute atomic E-state index is 0.0994. The topological polar surface area (TPSA) is 58.0 Å². The van der Waals surface area contributed by atoms with Gasteiger partial charge in [-0.25, -0.2) is 13.8 Å². The van der Waals surface area contributed by atoms with Crippen LogP contribution in [0.2, 0.25) is 0 Å². The Morgan fingerprint density at radius 1 is 1.22 bits per heavy atom. The molecule has 2 aromatic heterocycles. The predicted molar refractivity (Wildman–Crippen MR) is 148 cm³/mol. The van der Waals surface area contributed by atoms with Crippen molar-refractivity contribution in [1.29, 1.82) is 0 Å². The van der Waals surface area contributed by atoms with Crippen LogP contribution in [0.15, 0.2) is 75.7 Å². The molecular formula is C29H31F5N4O2S. The van der Waals surface area contributed by atoms with Crippen molar-refractivity contribution in [3.8, 4) is 5.75 Å². The number of hydrogen-bond acceptors (Lipinski definition) is 6. The molecule has 1 aliphatic heterocycles. The summed E-state index contributed by atoms with van der Waals surface area (Å²) in [7, 11) is 0. The fourth-order valence-electron chi connectivity index (χ4n) is 4.85. The molecule has 1 unspecified atom stereocenters. The number of hydrogen-bond donors (Lipinski definition) is 0. The van der Waals surface area contributed by atoms with Gasteiger partial charge in [-0.15, -0.1) is 0 Å². The minimum Gasteiger partial charge on any atom is -0.492 e. The molecule has 1 atom stereocenters. The minimum atomic E-state index is -4.85. The zero-order valence-corrected chi connectivity index (χ0v) is 23.7. The van der Waals surface area contributed by atoms with Crippen molar-refractivity contribution in [3.63, 3.8) is 0 Å². The SMILES string of the molecule is C/C=C/C(F)(F)CN(CC(F)(F)F)C(=O)C1=CCC2(C)C(=C1)N=C(Cc1ccc(OCC)cn1)N2Cc1ccsc1. The molecule has 0 spiro atoms. The number of thiophene rings is 1. The van der Waals surface area contributed by atoms with E-state index in [2.05, 4.69) is 9.88 Å². The first kappa shape index (κ1) is 30.4. The lowest BCUT2D eigenvalue weighted by atomic mass is 9.85. The molecule has 6 nitrogen and oxygen atoms in total. The van der Waals surface area contributed by atoms with Gasteiger partial charge in [-0.05, 0) is 73.9 Å². The van der Waals surface area contributed by atoms with Gasteiger partial charge in [0.05, 0.1) is 30.6 Å². The Morgan fingerprint density at radius 2 is 2.00 bits per heavy atom. The van der Waals surface area contributed by atoms with Gasteiger partial charge in [-0.1, -0.05) is 12.2 Å². The zero-order chi connectivity index (χ0) is 29.8. The van der Waals surface area contributed by atoms with E-state index in [4.69, 9.17) is 9.73 Å². The van der Waals surface area contributed by atoms with Gasteiger partial charge in [0.1, 0.15) is 18.1 Å². The van der Waals surface area contributed by atoms with Gasteiger partial charge in [-0.3, -0.25) is 9.78 Å². The normalized spacial score (nSPS) is 19.1. The summed E-state index contributed by atoms with van der Waals surface area (Å²) >= 11 is 1.55. The maximum atomic E-state index is 14.3. The molecule has 2 aliphatic rings. The van der Waals surface area contributed by atoms with E-state index in [0.29, 0.717) is 42.9 Å². The monoisotopic (exact) mass is 594 g/mol. The Labute approximate surface area is 239 Å². The molecule has 0 bridgehead atoms. The predicted octanol–water partition coefficient (Wildman–Crippen LogP) is 6.57. The molecule has 0 saturated heterocycles. The van der Waals surface area contributed by atoms with E-state index in [1.165, 1.54) is 19.1 Å². The average Bonchev–Trinajstić information content (AvgIpc) is 3.50. The number of pyridine rings is 1. The number of carbonyl (C=O) groups excluding carboxylic acids is 1. The van der Waals surface area contributed by atoms with Crippen LogP contribution in [-0.2, 0) is 17.8 Å². The molecule has 0 radical (unpaired) electrons. The standard InChI is InChI=1S/C29H31F5N4O2S/c1-4-10-28(30,31)18-37(19-29(32,33)34)26(39)21-8-11-27(3)24(13-21)36-25(38(27)16-20-9-12-41-17-20)14-22-6-7-23(15-35-22)40-5-2/h4,6-10,12-13,15,17H,5,11,14,16,18-19H2,1-3H3/b10-4+. The Balaban J connectivity index is 1.65. The molecule has 3 heterocycles. The first-order valence-corrected chi connectivity index (χ1v) is 14.0. The highest BCUT2D eigenvalue weighted by Crippen LogP contribution is 2.42. The molecule has 0 fully saturated rings. The Morgan fingerprint density at radius 3 is 2.61 bits per heavy atom. The van der Waals surface area contributed by atoms with Crippen LogP contribution < -0.4 is 4.74 Å². The highest BCUT2D eigenvalue weighted by molar-refractivity contribution is 7.07. The van der Waals surface area contributed by atoms with Crippen molar-refractivity contribution in [2.24, 2.45) is 4.99 Å². The van der Waals surface area contributed by atoms with Gasteiger partial charge >= 0.3 is 6.18 Å². The van der Waals surface area contributed by atoms with Gasteiger partial charge in [0.25, 0.3) is 11.8 Å². The summed E-state index contributed by atoms with van der Waals surface area (Å²) in [4.78, 5) is 24.8. The van der Waals surface area contributed by atoms with Crippen LogP contribution in [0.4, 0.5) is 22.0 Å². The third-order valence-corrected chi connectivity index (χ3v) is 7.54. The molecule has 12 heteroatoms. The molecule has 1 aliphatic carbocycles. The Kier molecular flexibility index (Phi) is 9.00. The zero-order valence-electron chi connectivity index (χ0n) is 22.9. The maximum absolute atomic E-state index is 14.3. The average molecular weight is 595 g/mol. The van der Waals surface area contributed by atoms with Crippen LogP contribution in [0, 0.1) is 0 Å². The van der Waals surface area contributed by atoms with Crippen molar-refractivity contribution in [3.05, 3.63) is 82.0 Å². The van der Waals surface area contributed by atoms with E-state index >= 15 is 0 Å². The van der Waals surface area contributed by atoms with Crippen LogP contribution in [0.25, 0.3) is 0 Å².